The third-order valence-corrected chi connectivity index (χ3v) is 6.97. The molecule has 0 bridgehead atoms. The van der Waals surface area contributed by atoms with Crippen LogP contribution >= 0.6 is 22.6 Å². The number of hydrogen-bond acceptors (Lipinski definition) is 4. The van der Waals surface area contributed by atoms with Crippen LogP contribution in [0.5, 0.6) is 11.5 Å². The highest BCUT2D eigenvalue weighted by atomic mass is 127. The SMILES string of the molecule is CCCCn1c(CN(Cc2ccc(I)cc2)Cc2ccc3c(c2)OCO3)cnc1-c1ccccc1. The van der Waals surface area contributed by atoms with Crippen molar-refractivity contribution in [2.75, 3.05) is 6.79 Å². The van der Waals surface area contributed by atoms with Crippen LogP contribution in [-0.2, 0) is 26.2 Å². The lowest BCUT2D eigenvalue weighted by Crippen LogP contribution is -2.24. The van der Waals surface area contributed by atoms with Gasteiger partial charge < -0.3 is 14.0 Å². The number of fused-ring (bicyclic) bond motifs is 1. The van der Waals surface area contributed by atoms with Gasteiger partial charge in [0.1, 0.15) is 5.82 Å². The Bertz CT molecular complexity index is 1250. The van der Waals surface area contributed by atoms with Crippen molar-refractivity contribution in [1.82, 2.24) is 14.5 Å². The molecule has 3 aromatic carbocycles. The van der Waals surface area contributed by atoms with E-state index in [-0.39, 0.29) is 0 Å². The van der Waals surface area contributed by atoms with Crippen LogP contribution in [0.4, 0.5) is 0 Å². The zero-order chi connectivity index (χ0) is 24.0. The van der Waals surface area contributed by atoms with Gasteiger partial charge in [-0.1, -0.05) is 61.9 Å². The normalized spacial score (nSPS) is 12.4. The maximum absolute atomic E-state index is 5.63. The summed E-state index contributed by atoms with van der Waals surface area (Å²) in [6.45, 7) is 5.97. The molecule has 1 aliphatic rings. The molecule has 0 saturated carbocycles. The van der Waals surface area contributed by atoms with E-state index < -0.39 is 0 Å². The smallest absolute Gasteiger partial charge is 0.231 e. The number of benzene rings is 3. The van der Waals surface area contributed by atoms with E-state index in [9.17, 15) is 0 Å². The summed E-state index contributed by atoms with van der Waals surface area (Å²) in [5, 5.41) is 0. The first kappa shape index (κ1) is 23.9. The minimum absolute atomic E-state index is 0.296. The van der Waals surface area contributed by atoms with Crippen LogP contribution in [0.3, 0.4) is 0 Å². The average Bonchev–Trinajstić information content (AvgIpc) is 3.51. The molecule has 0 fully saturated rings. The molecule has 0 spiro atoms. The van der Waals surface area contributed by atoms with E-state index in [0.29, 0.717) is 6.79 Å². The van der Waals surface area contributed by atoms with Crippen LogP contribution in [-0.4, -0.2) is 21.2 Å². The summed E-state index contributed by atoms with van der Waals surface area (Å²) >= 11 is 2.36. The Labute approximate surface area is 220 Å². The lowest BCUT2D eigenvalue weighted by Gasteiger charge is -2.24. The Morgan fingerprint density at radius 1 is 0.886 bits per heavy atom. The van der Waals surface area contributed by atoms with Gasteiger partial charge in [-0.15, -0.1) is 0 Å². The fourth-order valence-electron chi connectivity index (χ4n) is 4.46. The molecule has 1 aliphatic heterocycles. The Kier molecular flexibility index (Phi) is 7.69. The van der Waals surface area contributed by atoms with Gasteiger partial charge in [0, 0.05) is 35.3 Å². The van der Waals surface area contributed by atoms with Gasteiger partial charge in [0.25, 0.3) is 0 Å². The van der Waals surface area contributed by atoms with E-state index in [2.05, 4.69) is 112 Å². The highest BCUT2D eigenvalue weighted by Crippen LogP contribution is 2.33. The monoisotopic (exact) mass is 579 g/mol. The first-order valence-electron chi connectivity index (χ1n) is 12.1. The predicted octanol–water partition coefficient (Wildman–Crippen LogP) is 6.89. The largest absolute Gasteiger partial charge is 0.454 e. The maximum Gasteiger partial charge on any atom is 0.231 e. The van der Waals surface area contributed by atoms with Crippen molar-refractivity contribution in [2.24, 2.45) is 0 Å². The van der Waals surface area contributed by atoms with E-state index in [1.807, 2.05) is 6.07 Å². The lowest BCUT2D eigenvalue weighted by molar-refractivity contribution is 0.174. The maximum atomic E-state index is 5.63. The summed E-state index contributed by atoms with van der Waals surface area (Å²) in [4.78, 5) is 7.34. The van der Waals surface area contributed by atoms with Crippen LogP contribution < -0.4 is 9.47 Å². The van der Waals surface area contributed by atoms with Crippen molar-refractivity contribution >= 4 is 22.6 Å². The summed E-state index contributed by atoms with van der Waals surface area (Å²) in [5.74, 6) is 2.70. The highest BCUT2D eigenvalue weighted by molar-refractivity contribution is 14.1. The van der Waals surface area contributed by atoms with E-state index in [4.69, 9.17) is 14.5 Å². The number of nitrogens with zero attached hydrogens (tertiary/aromatic N) is 3. The average molecular weight is 579 g/mol. The summed E-state index contributed by atoms with van der Waals surface area (Å²) in [6, 6.07) is 25.5. The molecule has 0 N–H and O–H groups in total. The molecule has 1 aromatic heterocycles. The predicted molar refractivity (Wildman–Crippen MR) is 147 cm³/mol. The molecule has 5 nitrogen and oxygen atoms in total. The molecule has 6 heteroatoms. The molecule has 0 aliphatic carbocycles. The number of unbranched alkanes of at least 4 members (excludes halogenated alkanes) is 1. The summed E-state index contributed by atoms with van der Waals surface area (Å²) in [6.07, 6.45) is 4.33. The fraction of sp³-hybridized carbons (Fsp3) is 0.276. The Balaban J connectivity index is 1.44. The molecule has 35 heavy (non-hydrogen) atoms. The second-order valence-electron chi connectivity index (χ2n) is 8.90. The standard InChI is InChI=1S/C29H30IN3O2/c1-2-3-15-33-26(17-31-29(33)24-7-5-4-6-8-24)20-32(18-22-9-12-25(30)13-10-22)19-23-11-14-27-28(16-23)35-21-34-27/h4-14,16-17H,2-3,15,18-21H2,1H3. The lowest BCUT2D eigenvalue weighted by atomic mass is 10.1. The number of imidazole rings is 1. The summed E-state index contributed by atoms with van der Waals surface area (Å²) in [7, 11) is 0. The second kappa shape index (κ2) is 11.3. The van der Waals surface area contributed by atoms with Crippen LogP contribution in [0.2, 0.25) is 0 Å². The molecule has 0 saturated heterocycles. The van der Waals surface area contributed by atoms with Crippen molar-refractivity contribution in [1.29, 1.82) is 0 Å². The van der Waals surface area contributed by atoms with Gasteiger partial charge >= 0.3 is 0 Å². The zero-order valence-electron chi connectivity index (χ0n) is 20.0. The van der Waals surface area contributed by atoms with Crippen molar-refractivity contribution in [3.05, 3.63) is 99.4 Å². The molecule has 2 heterocycles. The second-order valence-corrected chi connectivity index (χ2v) is 10.1. The molecule has 4 aromatic rings. The van der Waals surface area contributed by atoms with E-state index in [1.54, 1.807) is 0 Å². The molecular weight excluding hydrogens is 549 g/mol. The molecular formula is C29H30IN3O2. The minimum Gasteiger partial charge on any atom is -0.454 e. The highest BCUT2D eigenvalue weighted by Gasteiger charge is 2.18. The van der Waals surface area contributed by atoms with E-state index >= 15 is 0 Å². The molecule has 0 atom stereocenters. The van der Waals surface area contributed by atoms with E-state index in [0.717, 1.165) is 61.9 Å². The van der Waals surface area contributed by atoms with Crippen molar-refractivity contribution in [2.45, 2.75) is 45.9 Å². The number of aromatic nitrogens is 2. The molecule has 0 amide bonds. The molecule has 0 unspecified atom stereocenters. The van der Waals surface area contributed by atoms with Gasteiger partial charge in [-0.2, -0.15) is 0 Å². The minimum atomic E-state index is 0.296. The zero-order valence-corrected chi connectivity index (χ0v) is 22.1. The number of ether oxygens (including phenoxy) is 2. The van der Waals surface area contributed by atoms with Crippen LogP contribution in [0.25, 0.3) is 11.4 Å². The molecule has 180 valence electrons. The first-order chi connectivity index (χ1) is 17.2. The van der Waals surface area contributed by atoms with Crippen LogP contribution in [0.15, 0.2) is 79.0 Å². The van der Waals surface area contributed by atoms with Crippen molar-refractivity contribution in [3.63, 3.8) is 0 Å². The topological polar surface area (TPSA) is 39.5 Å². The van der Waals surface area contributed by atoms with Crippen LogP contribution in [0.1, 0.15) is 36.6 Å². The van der Waals surface area contributed by atoms with Gasteiger partial charge in [0.05, 0.1) is 11.9 Å². The third-order valence-electron chi connectivity index (χ3n) is 6.25. The Hall–Kier alpha value is -2.84. The van der Waals surface area contributed by atoms with E-state index in [1.165, 1.54) is 20.4 Å². The van der Waals surface area contributed by atoms with Gasteiger partial charge in [0.15, 0.2) is 11.5 Å². The summed E-state index contributed by atoms with van der Waals surface area (Å²) in [5.41, 5.74) is 4.91. The Morgan fingerprint density at radius 2 is 1.63 bits per heavy atom. The molecule has 5 rings (SSSR count). The Morgan fingerprint density at radius 3 is 2.43 bits per heavy atom. The van der Waals surface area contributed by atoms with Crippen molar-refractivity contribution < 1.29 is 9.47 Å². The number of rotatable bonds is 10. The van der Waals surface area contributed by atoms with Gasteiger partial charge in [-0.05, 0) is 64.4 Å². The van der Waals surface area contributed by atoms with Gasteiger partial charge in [-0.25, -0.2) is 4.98 Å². The summed E-state index contributed by atoms with van der Waals surface area (Å²) < 4.78 is 14.8. The molecule has 0 radical (unpaired) electrons. The van der Waals surface area contributed by atoms with Crippen molar-refractivity contribution in [3.8, 4) is 22.9 Å². The quantitative estimate of drug-likeness (QED) is 0.192. The number of hydrogen-bond donors (Lipinski definition) is 0. The van der Waals surface area contributed by atoms with Crippen LogP contribution in [0, 0.1) is 3.57 Å². The fourth-order valence-corrected chi connectivity index (χ4v) is 4.82. The van der Waals surface area contributed by atoms with Gasteiger partial charge in [0.2, 0.25) is 6.79 Å². The number of halogens is 1. The van der Waals surface area contributed by atoms with Gasteiger partial charge in [-0.3, -0.25) is 4.90 Å². The third kappa shape index (κ3) is 5.87. The first-order valence-corrected chi connectivity index (χ1v) is 13.2.